The quantitative estimate of drug-likeness (QED) is 0.213. The molecule has 0 radical (unpaired) electrons. The van der Waals surface area contributed by atoms with E-state index in [0.717, 1.165) is 22.6 Å². The largest absolute Gasteiger partial charge is 0.497 e. The first-order chi connectivity index (χ1) is 21.6. The van der Waals surface area contributed by atoms with Gasteiger partial charge in [0.1, 0.15) is 11.5 Å². The van der Waals surface area contributed by atoms with E-state index in [1.807, 2.05) is 36.4 Å². The lowest BCUT2D eigenvalue weighted by molar-refractivity contribution is 0.414. The van der Waals surface area contributed by atoms with Crippen LogP contribution in [0, 0.1) is 0 Å². The minimum atomic E-state index is -0.764. The van der Waals surface area contributed by atoms with E-state index in [1.54, 1.807) is 50.6 Å². The van der Waals surface area contributed by atoms with Crippen LogP contribution in [0.5, 0.6) is 11.5 Å². The number of hydrogen-bond acceptors (Lipinski definition) is 8. The lowest BCUT2D eigenvalue weighted by Gasteiger charge is -2.09. The number of methoxy groups -OCH3 is 2. The molecule has 10 nitrogen and oxygen atoms in total. The number of nitrogens with one attached hydrogen (secondary N) is 1. The zero-order chi connectivity index (χ0) is 32.5. The Morgan fingerprint density at radius 1 is 0.689 bits per heavy atom. The zero-order valence-electron chi connectivity index (χ0n) is 23.8. The van der Waals surface area contributed by atoms with Gasteiger partial charge in [0.25, 0.3) is 0 Å². The number of rotatable bonds is 5. The van der Waals surface area contributed by atoms with E-state index < -0.39 is 22.8 Å². The van der Waals surface area contributed by atoms with Crippen molar-refractivity contribution in [2.75, 3.05) is 14.2 Å². The van der Waals surface area contributed by atoms with Gasteiger partial charge in [-0.2, -0.15) is 0 Å². The highest BCUT2D eigenvalue weighted by Gasteiger charge is 2.10. The van der Waals surface area contributed by atoms with Gasteiger partial charge in [-0.25, -0.2) is 19.2 Å². The number of alkyl halides is 1. The Balaban J connectivity index is 0.000000170. The topological polar surface area (TPSA) is 134 Å². The van der Waals surface area contributed by atoms with Crippen molar-refractivity contribution in [1.29, 1.82) is 0 Å². The van der Waals surface area contributed by atoms with Crippen molar-refractivity contribution < 1.29 is 18.3 Å². The number of H-pyrrole nitrogens is 1. The molecular formula is C32H25Cl3N2O8. The second kappa shape index (κ2) is 15.3. The van der Waals surface area contributed by atoms with Gasteiger partial charge in [-0.1, -0.05) is 47.5 Å². The SMILES string of the molecule is COc1ccc(CCl)cc1.COc1ccc(Cn2c(=O)oc(=O)c3cc(Cl)ccc32)cc1.O=c1[nH]c2ccc(Cl)cc2c(=O)o1. The normalized spacial score (nSPS) is 10.4. The van der Waals surface area contributed by atoms with E-state index in [9.17, 15) is 19.2 Å². The Kier molecular flexibility index (Phi) is 11.3. The van der Waals surface area contributed by atoms with Crippen LogP contribution in [-0.4, -0.2) is 23.8 Å². The fraction of sp³-hybridized carbons (Fsp3) is 0.125. The van der Waals surface area contributed by atoms with E-state index >= 15 is 0 Å². The molecule has 0 unspecified atom stereocenters. The standard InChI is InChI=1S/C16H12ClNO4.C8H4ClNO3.C8H9ClO/c1-21-12-5-2-10(3-6-12)9-18-14-7-4-11(17)8-13(14)15(19)22-16(18)20;9-4-1-2-6-5(3-4)7(11)13-8(12)10-6;1-10-8-4-2-7(6-9)3-5-8/h2-8H,9H2,1H3;1-3H,(H,10,12);2-5H,6H2,1H3. The Bertz CT molecular complexity index is 2130. The molecule has 4 aromatic carbocycles. The molecular weight excluding hydrogens is 647 g/mol. The summed E-state index contributed by atoms with van der Waals surface area (Å²) in [5, 5.41) is 1.38. The lowest BCUT2D eigenvalue weighted by Crippen LogP contribution is -2.25. The molecule has 0 spiro atoms. The van der Waals surface area contributed by atoms with Gasteiger partial charge in [0.15, 0.2) is 0 Å². The Morgan fingerprint density at radius 2 is 1.22 bits per heavy atom. The molecule has 2 heterocycles. The molecule has 13 heteroatoms. The van der Waals surface area contributed by atoms with Crippen LogP contribution < -0.4 is 32.2 Å². The van der Waals surface area contributed by atoms with Crippen molar-refractivity contribution in [2.24, 2.45) is 0 Å². The Morgan fingerprint density at radius 3 is 1.80 bits per heavy atom. The average molecular weight is 672 g/mol. The molecule has 2 aromatic heterocycles. The number of aromatic nitrogens is 2. The number of ether oxygens (including phenoxy) is 2. The molecule has 45 heavy (non-hydrogen) atoms. The second-order valence-electron chi connectivity index (χ2n) is 9.22. The van der Waals surface area contributed by atoms with Crippen LogP contribution in [0.2, 0.25) is 10.0 Å². The summed E-state index contributed by atoms with van der Waals surface area (Å²) in [5.74, 6) is 0.695. The van der Waals surface area contributed by atoms with Crippen LogP contribution >= 0.6 is 34.8 Å². The number of fused-ring (bicyclic) bond motifs is 2. The summed E-state index contributed by atoms with van der Waals surface area (Å²) in [6.45, 7) is 0.282. The average Bonchev–Trinajstić information content (AvgIpc) is 3.04. The summed E-state index contributed by atoms with van der Waals surface area (Å²) in [5.41, 5.74) is 1.54. The number of halogens is 3. The molecule has 0 aliphatic carbocycles. The summed E-state index contributed by atoms with van der Waals surface area (Å²) < 4.78 is 20.5. The highest BCUT2D eigenvalue weighted by molar-refractivity contribution is 6.31. The highest BCUT2D eigenvalue weighted by atomic mass is 35.5. The third-order valence-electron chi connectivity index (χ3n) is 6.31. The van der Waals surface area contributed by atoms with Crippen LogP contribution in [0.25, 0.3) is 21.8 Å². The second-order valence-corrected chi connectivity index (χ2v) is 10.4. The maximum atomic E-state index is 12.0. The van der Waals surface area contributed by atoms with Gasteiger partial charge in [-0.3, -0.25) is 9.55 Å². The third-order valence-corrected chi connectivity index (χ3v) is 7.09. The van der Waals surface area contributed by atoms with Crippen LogP contribution in [-0.2, 0) is 12.4 Å². The first-order valence-corrected chi connectivity index (χ1v) is 14.4. The molecule has 0 saturated carbocycles. The minimum Gasteiger partial charge on any atom is -0.497 e. The number of aromatic amines is 1. The first-order valence-electron chi connectivity index (χ1n) is 13.1. The molecule has 0 amide bonds. The maximum absolute atomic E-state index is 12.0. The van der Waals surface area contributed by atoms with Crippen molar-refractivity contribution >= 4 is 56.6 Å². The van der Waals surface area contributed by atoms with Gasteiger partial charge in [-0.15, -0.1) is 11.6 Å². The monoisotopic (exact) mass is 670 g/mol. The molecule has 232 valence electrons. The Hall–Kier alpha value is -4.77. The summed E-state index contributed by atoms with van der Waals surface area (Å²) >= 11 is 17.1. The van der Waals surface area contributed by atoms with Gasteiger partial charge in [0, 0.05) is 15.9 Å². The van der Waals surface area contributed by atoms with Gasteiger partial charge in [-0.05, 0) is 71.8 Å². The number of hydrogen-bond donors (Lipinski definition) is 1. The molecule has 0 fully saturated rings. The third kappa shape index (κ3) is 8.66. The Labute approximate surface area is 269 Å². The van der Waals surface area contributed by atoms with E-state index in [-0.39, 0.29) is 17.3 Å². The summed E-state index contributed by atoms with van der Waals surface area (Å²) in [6.07, 6.45) is 0. The van der Waals surface area contributed by atoms with E-state index in [2.05, 4.69) is 9.40 Å². The number of benzene rings is 4. The van der Waals surface area contributed by atoms with Gasteiger partial charge >= 0.3 is 22.8 Å². The molecule has 0 bridgehead atoms. The van der Waals surface area contributed by atoms with Gasteiger partial charge in [0.05, 0.1) is 42.6 Å². The summed E-state index contributed by atoms with van der Waals surface area (Å²) in [7, 11) is 3.23. The lowest BCUT2D eigenvalue weighted by atomic mass is 10.2. The number of nitrogens with zero attached hydrogens (tertiary/aromatic N) is 1. The highest BCUT2D eigenvalue weighted by Crippen LogP contribution is 2.18. The van der Waals surface area contributed by atoms with Gasteiger partial charge in [0.2, 0.25) is 0 Å². The van der Waals surface area contributed by atoms with E-state index in [1.165, 1.54) is 16.7 Å². The van der Waals surface area contributed by atoms with E-state index in [4.69, 9.17) is 48.7 Å². The maximum Gasteiger partial charge on any atom is 0.422 e. The van der Waals surface area contributed by atoms with Crippen molar-refractivity contribution in [3.05, 3.63) is 148 Å². The molecule has 0 atom stereocenters. The minimum absolute atomic E-state index is 0.270. The van der Waals surface area contributed by atoms with Crippen LogP contribution in [0.3, 0.4) is 0 Å². The molecule has 1 N–H and O–H groups in total. The van der Waals surface area contributed by atoms with E-state index in [0.29, 0.717) is 27.0 Å². The summed E-state index contributed by atoms with van der Waals surface area (Å²) in [4.78, 5) is 48.0. The fourth-order valence-electron chi connectivity index (χ4n) is 4.04. The van der Waals surface area contributed by atoms with Crippen LogP contribution in [0.1, 0.15) is 11.1 Å². The molecule has 0 aliphatic rings. The van der Waals surface area contributed by atoms with Gasteiger partial charge < -0.3 is 18.3 Å². The van der Waals surface area contributed by atoms with Crippen LogP contribution in [0.15, 0.2) is 113 Å². The van der Waals surface area contributed by atoms with Crippen molar-refractivity contribution in [3.8, 4) is 11.5 Å². The van der Waals surface area contributed by atoms with Crippen molar-refractivity contribution in [1.82, 2.24) is 9.55 Å². The molecule has 0 saturated heterocycles. The van der Waals surface area contributed by atoms with Crippen LogP contribution in [0.4, 0.5) is 0 Å². The smallest absolute Gasteiger partial charge is 0.422 e. The molecule has 6 rings (SSSR count). The fourth-order valence-corrected chi connectivity index (χ4v) is 4.56. The van der Waals surface area contributed by atoms with Crippen molar-refractivity contribution in [2.45, 2.75) is 12.4 Å². The van der Waals surface area contributed by atoms with Crippen molar-refractivity contribution in [3.63, 3.8) is 0 Å². The zero-order valence-corrected chi connectivity index (χ0v) is 26.1. The molecule has 0 aliphatic heterocycles. The predicted molar refractivity (Wildman–Crippen MR) is 175 cm³/mol. The predicted octanol–water partition coefficient (Wildman–Crippen LogP) is 6.23. The first kappa shape index (κ1) is 33.1. The molecule has 6 aromatic rings. The summed E-state index contributed by atoms with van der Waals surface area (Å²) in [6, 6.07) is 24.3.